The van der Waals surface area contributed by atoms with E-state index < -0.39 is 46.9 Å². The van der Waals surface area contributed by atoms with Crippen molar-refractivity contribution < 1.29 is 31.5 Å². The molecular weight excluding hydrogens is 585 g/mol. The average Bonchev–Trinajstić information content (AvgIpc) is 3.28. The van der Waals surface area contributed by atoms with Crippen LogP contribution in [0.2, 0.25) is 0 Å². The third-order valence-electron chi connectivity index (χ3n) is 7.04. The molecule has 0 fully saturated rings. The Kier molecular flexibility index (Phi) is 9.88. The summed E-state index contributed by atoms with van der Waals surface area (Å²) in [6.45, 7) is 3.76. The standard InChI is InChI=1S/C31H32F5N5O3/c1-19(2)27(39(14-6-13-37)29(42)21-11-12-25(26(33)16-21)31(34,35)36)28-38-41(23-9-5-8-22(32)17-23)30(43)40(28)18-20-7-4-10-24(15-20)44-3/h4-5,7-12,15-17,19,27H,6,13-14,18,37H2,1-3H3. The van der Waals surface area contributed by atoms with E-state index in [9.17, 15) is 31.5 Å². The minimum absolute atomic E-state index is 0.00225. The Morgan fingerprint density at radius 2 is 1.77 bits per heavy atom. The van der Waals surface area contributed by atoms with E-state index in [0.717, 1.165) is 16.8 Å². The third-order valence-corrected chi connectivity index (χ3v) is 7.04. The highest BCUT2D eigenvalue weighted by Crippen LogP contribution is 2.33. The maximum atomic E-state index is 14.5. The number of nitrogens with zero attached hydrogens (tertiary/aromatic N) is 4. The van der Waals surface area contributed by atoms with E-state index in [2.05, 4.69) is 5.10 Å². The fraction of sp³-hybridized carbons (Fsp3) is 0.323. The van der Waals surface area contributed by atoms with Gasteiger partial charge in [-0.25, -0.2) is 13.6 Å². The van der Waals surface area contributed by atoms with Crippen LogP contribution in [0, 0.1) is 17.6 Å². The first-order valence-electron chi connectivity index (χ1n) is 13.8. The molecule has 4 aromatic rings. The lowest BCUT2D eigenvalue weighted by molar-refractivity contribution is -0.140. The van der Waals surface area contributed by atoms with Crippen LogP contribution in [0.1, 0.15) is 53.6 Å². The number of nitrogens with two attached hydrogens (primary N) is 1. The topological polar surface area (TPSA) is 95.4 Å². The molecule has 1 amide bonds. The van der Waals surface area contributed by atoms with Crippen LogP contribution in [0.15, 0.2) is 71.5 Å². The molecule has 13 heteroatoms. The molecule has 0 saturated heterocycles. The van der Waals surface area contributed by atoms with Crippen LogP contribution < -0.4 is 16.2 Å². The van der Waals surface area contributed by atoms with E-state index in [1.807, 2.05) is 0 Å². The van der Waals surface area contributed by atoms with Crippen LogP contribution in [0.4, 0.5) is 22.0 Å². The molecule has 0 aliphatic heterocycles. The molecule has 3 aromatic carbocycles. The van der Waals surface area contributed by atoms with Gasteiger partial charge >= 0.3 is 11.9 Å². The molecule has 0 aliphatic carbocycles. The van der Waals surface area contributed by atoms with Crippen LogP contribution in [-0.2, 0) is 12.7 Å². The molecule has 44 heavy (non-hydrogen) atoms. The lowest BCUT2D eigenvalue weighted by Gasteiger charge is -2.34. The molecule has 0 bridgehead atoms. The largest absolute Gasteiger partial charge is 0.497 e. The Morgan fingerprint density at radius 1 is 1.05 bits per heavy atom. The highest BCUT2D eigenvalue weighted by atomic mass is 19.4. The smallest absolute Gasteiger partial charge is 0.419 e. The molecular formula is C31H32F5N5O3. The maximum absolute atomic E-state index is 14.5. The van der Waals surface area contributed by atoms with E-state index in [4.69, 9.17) is 10.5 Å². The molecule has 0 aliphatic rings. The molecule has 0 spiro atoms. The number of hydrogen-bond acceptors (Lipinski definition) is 5. The molecule has 8 nitrogen and oxygen atoms in total. The number of methoxy groups -OCH3 is 1. The number of hydrogen-bond donors (Lipinski definition) is 1. The third kappa shape index (κ3) is 6.99. The summed E-state index contributed by atoms with van der Waals surface area (Å²) < 4.78 is 76.0. The number of alkyl halides is 3. The molecule has 2 N–H and O–H groups in total. The van der Waals surface area contributed by atoms with Gasteiger partial charge in [0.2, 0.25) is 0 Å². The first-order valence-corrected chi connectivity index (χ1v) is 13.8. The number of halogens is 5. The lowest BCUT2D eigenvalue weighted by Crippen LogP contribution is -2.41. The van der Waals surface area contributed by atoms with Gasteiger partial charge < -0.3 is 15.4 Å². The average molecular weight is 618 g/mol. The molecule has 0 saturated carbocycles. The van der Waals surface area contributed by atoms with E-state index >= 15 is 0 Å². The SMILES string of the molecule is COc1cccc(Cn2c(C(C(C)C)N(CCCN)C(=O)c3ccc(C(F)(F)F)c(F)c3)nn(-c3cccc(F)c3)c2=O)c1. The van der Waals surface area contributed by atoms with Crippen molar-refractivity contribution in [2.75, 3.05) is 20.2 Å². The summed E-state index contributed by atoms with van der Waals surface area (Å²) in [6.07, 6.45) is -4.64. The molecule has 4 rings (SSSR count). The van der Waals surface area contributed by atoms with Crippen LogP contribution in [0.3, 0.4) is 0 Å². The van der Waals surface area contributed by atoms with Gasteiger partial charge in [0.15, 0.2) is 5.82 Å². The van der Waals surface area contributed by atoms with Crippen LogP contribution >= 0.6 is 0 Å². The first-order chi connectivity index (χ1) is 20.8. The Hall–Kier alpha value is -4.52. The second-order valence-corrected chi connectivity index (χ2v) is 10.5. The number of rotatable bonds is 11. The van der Waals surface area contributed by atoms with E-state index in [1.165, 1.54) is 34.8 Å². The zero-order valence-corrected chi connectivity index (χ0v) is 24.3. The summed E-state index contributed by atoms with van der Waals surface area (Å²) in [5, 5.41) is 4.57. The predicted molar refractivity (Wildman–Crippen MR) is 154 cm³/mol. The zero-order chi connectivity index (χ0) is 32.2. The summed E-state index contributed by atoms with van der Waals surface area (Å²) in [7, 11) is 1.50. The first kappa shape index (κ1) is 32.4. The minimum atomic E-state index is -4.94. The summed E-state index contributed by atoms with van der Waals surface area (Å²) in [5.74, 6) is -2.68. The predicted octanol–water partition coefficient (Wildman–Crippen LogP) is 5.58. The quantitative estimate of drug-likeness (QED) is 0.222. The van der Waals surface area contributed by atoms with Crippen molar-refractivity contribution in [3.8, 4) is 11.4 Å². The normalized spacial score (nSPS) is 12.4. The molecule has 1 aromatic heterocycles. The van der Waals surface area contributed by atoms with Crippen molar-refractivity contribution in [3.05, 3.63) is 111 Å². The van der Waals surface area contributed by atoms with Gasteiger partial charge in [0, 0.05) is 12.1 Å². The summed E-state index contributed by atoms with van der Waals surface area (Å²) >= 11 is 0. The van der Waals surface area contributed by atoms with Crippen molar-refractivity contribution in [3.63, 3.8) is 0 Å². The second-order valence-electron chi connectivity index (χ2n) is 10.5. The van der Waals surface area contributed by atoms with Crippen LogP contribution in [-0.4, -0.2) is 45.4 Å². The van der Waals surface area contributed by atoms with Gasteiger partial charge in [-0.3, -0.25) is 9.36 Å². The number of benzene rings is 3. The van der Waals surface area contributed by atoms with Gasteiger partial charge in [0.1, 0.15) is 17.4 Å². The number of carbonyl (C=O) groups is 1. The highest BCUT2D eigenvalue weighted by molar-refractivity contribution is 5.94. The lowest BCUT2D eigenvalue weighted by atomic mass is 9.99. The number of carbonyl (C=O) groups excluding carboxylic acids is 1. The zero-order valence-electron chi connectivity index (χ0n) is 24.3. The van der Waals surface area contributed by atoms with Crippen LogP contribution in [0.25, 0.3) is 5.69 Å². The van der Waals surface area contributed by atoms with Gasteiger partial charge in [-0.15, -0.1) is 5.10 Å². The van der Waals surface area contributed by atoms with Gasteiger partial charge in [-0.1, -0.05) is 32.0 Å². The summed E-state index contributed by atoms with van der Waals surface area (Å²) in [6, 6.07) is 13.3. The van der Waals surface area contributed by atoms with Crippen molar-refractivity contribution in [1.82, 2.24) is 19.2 Å². The Balaban J connectivity index is 1.89. The van der Waals surface area contributed by atoms with E-state index in [-0.39, 0.29) is 36.7 Å². The van der Waals surface area contributed by atoms with Crippen molar-refractivity contribution in [1.29, 1.82) is 0 Å². The molecule has 234 valence electrons. The molecule has 1 heterocycles. The number of ether oxygens (including phenoxy) is 1. The molecule has 1 unspecified atom stereocenters. The summed E-state index contributed by atoms with van der Waals surface area (Å²) in [4.78, 5) is 29.1. The highest BCUT2D eigenvalue weighted by Gasteiger charge is 2.37. The van der Waals surface area contributed by atoms with Crippen molar-refractivity contribution in [2.24, 2.45) is 11.7 Å². The molecule has 0 radical (unpaired) electrons. The van der Waals surface area contributed by atoms with Gasteiger partial charge in [-0.05, 0) is 73.0 Å². The van der Waals surface area contributed by atoms with E-state index in [1.54, 1.807) is 38.1 Å². The van der Waals surface area contributed by atoms with Crippen LogP contribution in [0.5, 0.6) is 5.75 Å². The monoisotopic (exact) mass is 617 g/mol. The maximum Gasteiger partial charge on any atom is 0.419 e. The van der Waals surface area contributed by atoms with Crippen molar-refractivity contribution in [2.45, 2.75) is 39.0 Å². The van der Waals surface area contributed by atoms with E-state index in [0.29, 0.717) is 29.9 Å². The Morgan fingerprint density at radius 3 is 2.39 bits per heavy atom. The fourth-order valence-corrected chi connectivity index (χ4v) is 4.98. The van der Waals surface area contributed by atoms with Crippen molar-refractivity contribution >= 4 is 5.91 Å². The van der Waals surface area contributed by atoms with Gasteiger partial charge in [-0.2, -0.15) is 17.9 Å². The number of amides is 1. The number of aromatic nitrogens is 3. The Bertz CT molecular complexity index is 1680. The minimum Gasteiger partial charge on any atom is -0.497 e. The Labute approximate surface area is 250 Å². The van der Waals surface area contributed by atoms with Gasteiger partial charge in [0.25, 0.3) is 5.91 Å². The fourth-order valence-electron chi connectivity index (χ4n) is 4.98. The second kappa shape index (κ2) is 13.4. The van der Waals surface area contributed by atoms with Gasteiger partial charge in [0.05, 0.1) is 30.9 Å². The molecule has 1 atom stereocenters. The summed E-state index contributed by atoms with van der Waals surface area (Å²) in [5.41, 5.74) is 4.14.